The first kappa shape index (κ1) is 15.9. The van der Waals surface area contributed by atoms with E-state index >= 15 is 0 Å². The highest BCUT2D eigenvalue weighted by Crippen LogP contribution is 2.31. The van der Waals surface area contributed by atoms with Crippen molar-refractivity contribution in [1.82, 2.24) is 4.31 Å². The Morgan fingerprint density at radius 2 is 2.00 bits per heavy atom. The summed E-state index contributed by atoms with van der Waals surface area (Å²) in [6, 6.07) is 4.30. The zero-order valence-corrected chi connectivity index (χ0v) is 12.7. The van der Waals surface area contributed by atoms with Gasteiger partial charge in [-0.05, 0) is 37.8 Å². The van der Waals surface area contributed by atoms with Crippen molar-refractivity contribution in [2.45, 2.75) is 24.7 Å². The third kappa shape index (κ3) is 3.07. The van der Waals surface area contributed by atoms with E-state index in [2.05, 4.69) is 0 Å². The van der Waals surface area contributed by atoms with Gasteiger partial charge in [0.05, 0.1) is 4.92 Å². The molecule has 0 amide bonds. The van der Waals surface area contributed by atoms with E-state index in [1.54, 1.807) is 13.0 Å². The third-order valence-corrected chi connectivity index (χ3v) is 5.98. The summed E-state index contributed by atoms with van der Waals surface area (Å²) in [5.41, 5.74) is 5.63. The van der Waals surface area contributed by atoms with Crippen LogP contribution < -0.4 is 5.73 Å². The standard InChI is InChI=1S/C13H19N3O4S/c1-10-3-2-4-12(16(17)18)13(10)21(19,20)15-7-5-11(9-14)6-8-15/h2-4,11H,5-9,14H2,1H3. The third-order valence-electron chi connectivity index (χ3n) is 3.89. The van der Waals surface area contributed by atoms with Gasteiger partial charge in [-0.15, -0.1) is 0 Å². The van der Waals surface area contributed by atoms with Crippen molar-refractivity contribution >= 4 is 15.7 Å². The average Bonchev–Trinajstić information content (AvgIpc) is 2.46. The number of aryl methyl sites for hydroxylation is 1. The van der Waals surface area contributed by atoms with E-state index in [4.69, 9.17) is 5.73 Å². The number of nitro groups is 1. The summed E-state index contributed by atoms with van der Waals surface area (Å²) in [5, 5.41) is 11.1. The topological polar surface area (TPSA) is 107 Å². The normalized spacial score (nSPS) is 17.8. The fourth-order valence-corrected chi connectivity index (χ4v) is 4.46. The molecule has 7 nitrogen and oxygen atoms in total. The van der Waals surface area contributed by atoms with Crippen molar-refractivity contribution in [1.29, 1.82) is 0 Å². The number of hydrogen-bond acceptors (Lipinski definition) is 5. The van der Waals surface area contributed by atoms with Gasteiger partial charge in [-0.2, -0.15) is 4.31 Å². The summed E-state index contributed by atoms with van der Waals surface area (Å²) < 4.78 is 26.8. The molecule has 116 valence electrons. The smallest absolute Gasteiger partial charge is 0.289 e. The van der Waals surface area contributed by atoms with E-state index in [0.717, 1.165) is 0 Å². The molecule has 0 radical (unpaired) electrons. The second kappa shape index (κ2) is 6.08. The maximum atomic E-state index is 12.7. The molecule has 0 spiro atoms. The molecule has 0 unspecified atom stereocenters. The van der Waals surface area contributed by atoms with Crippen LogP contribution in [0.15, 0.2) is 23.1 Å². The quantitative estimate of drug-likeness (QED) is 0.665. The molecule has 0 bridgehead atoms. The van der Waals surface area contributed by atoms with Crippen molar-refractivity contribution in [2.24, 2.45) is 11.7 Å². The lowest BCUT2D eigenvalue weighted by atomic mass is 9.99. The molecule has 1 aromatic rings. The van der Waals surface area contributed by atoms with Crippen LogP contribution in [0, 0.1) is 23.0 Å². The van der Waals surface area contributed by atoms with E-state index in [0.29, 0.717) is 44.0 Å². The number of nitrogens with two attached hydrogens (primary N) is 1. The van der Waals surface area contributed by atoms with Gasteiger partial charge in [-0.3, -0.25) is 10.1 Å². The van der Waals surface area contributed by atoms with Crippen molar-refractivity contribution < 1.29 is 13.3 Å². The number of rotatable bonds is 4. The summed E-state index contributed by atoms with van der Waals surface area (Å²) in [6.07, 6.45) is 1.38. The van der Waals surface area contributed by atoms with Gasteiger partial charge in [0.25, 0.3) is 5.69 Å². The molecule has 1 fully saturated rings. The van der Waals surface area contributed by atoms with Gasteiger partial charge in [0.2, 0.25) is 10.0 Å². The molecule has 0 aliphatic carbocycles. The monoisotopic (exact) mass is 313 g/mol. The summed E-state index contributed by atoms with van der Waals surface area (Å²) in [6.45, 7) is 2.83. The Balaban J connectivity index is 2.39. The highest BCUT2D eigenvalue weighted by atomic mass is 32.2. The van der Waals surface area contributed by atoms with E-state index in [9.17, 15) is 18.5 Å². The Kier molecular flexibility index (Phi) is 4.60. The van der Waals surface area contributed by atoms with Crippen LogP contribution in [0.2, 0.25) is 0 Å². The number of nitro benzene ring substituents is 1. The van der Waals surface area contributed by atoms with Gasteiger partial charge >= 0.3 is 0 Å². The van der Waals surface area contributed by atoms with Crippen molar-refractivity contribution in [3.63, 3.8) is 0 Å². The number of piperidine rings is 1. The molecule has 21 heavy (non-hydrogen) atoms. The SMILES string of the molecule is Cc1cccc([N+](=O)[O-])c1S(=O)(=O)N1CCC(CN)CC1. The van der Waals surface area contributed by atoms with Crippen LogP contribution in [-0.4, -0.2) is 37.3 Å². The predicted octanol–water partition coefficient (Wildman–Crippen LogP) is 1.26. The minimum absolute atomic E-state index is 0.193. The Labute approximate surface area is 123 Å². The van der Waals surface area contributed by atoms with Crippen LogP contribution in [-0.2, 0) is 10.0 Å². The lowest BCUT2D eigenvalue weighted by Crippen LogP contribution is -2.40. The Bertz CT molecular complexity index is 637. The fraction of sp³-hybridized carbons (Fsp3) is 0.538. The second-order valence-corrected chi connectivity index (χ2v) is 7.14. The van der Waals surface area contributed by atoms with Gasteiger partial charge < -0.3 is 5.73 Å². The van der Waals surface area contributed by atoms with E-state index in [-0.39, 0.29) is 10.6 Å². The molecule has 1 aromatic carbocycles. The lowest BCUT2D eigenvalue weighted by molar-refractivity contribution is -0.387. The van der Waals surface area contributed by atoms with Crippen LogP contribution >= 0.6 is 0 Å². The van der Waals surface area contributed by atoms with Crippen LogP contribution in [0.3, 0.4) is 0 Å². The number of benzene rings is 1. The van der Waals surface area contributed by atoms with E-state index in [1.807, 2.05) is 0 Å². The molecule has 1 saturated heterocycles. The van der Waals surface area contributed by atoms with Crippen molar-refractivity contribution in [3.05, 3.63) is 33.9 Å². The molecule has 1 aliphatic heterocycles. The predicted molar refractivity (Wildman–Crippen MR) is 78.4 cm³/mol. The number of nitrogens with zero attached hydrogens (tertiary/aromatic N) is 2. The molecular weight excluding hydrogens is 294 g/mol. The molecule has 1 heterocycles. The van der Waals surface area contributed by atoms with Gasteiger partial charge in [-0.25, -0.2) is 8.42 Å². The first-order valence-corrected chi connectivity index (χ1v) is 8.26. The van der Waals surface area contributed by atoms with Gasteiger partial charge in [0.15, 0.2) is 4.90 Å². The highest BCUT2D eigenvalue weighted by Gasteiger charge is 2.35. The second-order valence-electron chi connectivity index (χ2n) is 5.26. The van der Waals surface area contributed by atoms with Crippen LogP contribution in [0.25, 0.3) is 0 Å². The Morgan fingerprint density at radius 1 is 1.38 bits per heavy atom. The highest BCUT2D eigenvalue weighted by molar-refractivity contribution is 7.89. The first-order valence-electron chi connectivity index (χ1n) is 6.82. The minimum Gasteiger partial charge on any atom is -0.330 e. The molecule has 2 rings (SSSR count). The van der Waals surface area contributed by atoms with Crippen LogP contribution in [0.4, 0.5) is 5.69 Å². The van der Waals surface area contributed by atoms with Gasteiger partial charge in [0.1, 0.15) is 0 Å². The van der Waals surface area contributed by atoms with E-state index in [1.165, 1.54) is 16.4 Å². The minimum atomic E-state index is -3.85. The Hall–Kier alpha value is -1.51. The molecule has 0 saturated carbocycles. The fourth-order valence-electron chi connectivity index (χ4n) is 2.63. The van der Waals surface area contributed by atoms with E-state index < -0.39 is 14.9 Å². The van der Waals surface area contributed by atoms with Crippen LogP contribution in [0.5, 0.6) is 0 Å². The van der Waals surface area contributed by atoms with Crippen molar-refractivity contribution in [3.8, 4) is 0 Å². The van der Waals surface area contributed by atoms with Crippen LogP contribution in [0.1, 0.15) is 18.4 Å². The zero-order chi connectivity index (χ0) is 15.6. The molecule has 0 atom stereocenters. The summed E-state index contributed by atoms with van der Waals surface area (Å²) in [7, 11) is -3.85. The summed E-state index contributed by atoms with van der Waals surface area (Å²) in [4.78, 5) is 10.3. The lowest BCUT2D eigenvalue weighted by Gasteiger charge is -2.30. The average molecular weight is 313 g/mol. The number of hydrogen-bond donors (Lipinski definition) is 1. The molecule has 1 aliphatic rings. The molecular formula is C13H19N3O4S. The Morgan fingerprint density at radius 3 is 2.52 bits per heavy atom. The van der Waals surface area contributed by atoms with Gasteiger partial charge in [0, 0.05) is 19.2 Å². The number of sulfonamides is 1. The first-order chi connectivity index (χ1) is 9.87. The maximum Gasteiger partial charge on any atom is 0.289 e. The van der Waals surface area contributed by atoms with Crippen molar-refractivity contribution in [2.75, 3.05) is 19.6 Å². The van der Waals surface area contributed by atoms with Gasteiger partial charge in [-0.1, -0.05) is 12.1 Å². The summed E-state index contributed by atoms with van der Waals surface area (Å²) >= 11 is 0. The molecule has 2 N–H and O–H groups in total. The zero-order valence-electron chi connectivity index (χ0n) is 11.9. The summed E-state index contributed by atoms with van der Waals surface area (Å²) in [5.74, 6) is 0.323. The maximum absolute atomic E-state index is 12.7. The molecule has 8 heteroatoms. The largest absolute Gasteiger partial charge is 0.330 e. The molecule has 0 aromatic heterocycles.